The van der Waals surface area contributed by atoms with Gasteiger partial charge >= 0.3 is 114 Å². The Hall–Kier alpha value is 0.309. The van der Waals surface area contributed by atoms with Gasteiger partial charge in [-0.3, -0.25) is 4.79 Å². The maximum atomic E-state index is 12.0. The number of carbonyl (C=O) groups is 1. The number of fused-ring (bicyclic) bond motifs is 2. The Labute approximate surface area is 375 Å². The van der Waals surface area contributed by atoms with Gasteiger partial charge in [0, 0.05) is 22.5 Å². The first kappa shape index (κ1) is 55.6. The Bertz CT molecular complexity index is 1730. The molecule has 5 nitrogen and oxygen atoms in total. The molecule has 0 spiro atoms. The average molecular weight is 1330 g/mol. The van der Waals surface area contributed by atoms with Crippen molar-refractivity contribution in [2.45, 2.75) is 83.6 Å². The van der Waals surface area contributed by atoms with E-state index < -0.39 is 0 Å². The van der Waals surface area contributed by atoms with Crippen LogP contribution in [0.2, 0.25) is 0 Å². The van der Waals surface area contributed by atoms with Crippen molar-refractivity contribution in [2.24, 2.45) is 0 Å². The SMILES string of the molecule is C.CC.CC.CC.CC.CC(=O)c1c(-c2ccccc2)nn2c(C)cccc12.Cc1cccc2cc(-c3ccccc3)nn12.[I][V]([I])[I].[I][V][I]. The molecule has 0 amide bonds. The molecule has 0 unspecified atom stereocenters. The van der Waals surface area contributed by atoms with Gasteiger partial charge in [0.15, 0.2) is 5.78 Å². The number of aryl methyl sites for hydroxylation is 2. The van der Waals surface area contributed by atoms with E-state index in [-0.39, 0.29) is 18.1 Å². The number of hydrogen-bond donors (Lipinski definition) is 0. The van der Waals surface area contributed by atoms with Crippen LogP contribution in [0.5, 0.6) is 0 Å². The summed E-state index contributed by atoms with van der Waals surface area (Å²) in [7, 11) is 0.628. The Morgan fingerprint density at radius 2 is 1.04 bits per heavy atom. The Morgan fingerprint density at radius 3 is 1.47 bits per heavy atom. The number of aromatic nitrogens is 4. The van der Waals surface area contributed by atoms with Gasteiger partial charge < -0.3 is 0 Å². The standard InChI is InChI=1S/C16H14N2O.C14H12N2.4C2H6.CH4.5HI.2V/c1-11-7-6-10-14-15(12(2)19)16(17-18(11)14)13-8-4-3-5-9-13;1-11-6-5-9-13-10-14(15-16(11)13)12-7-3-2-4-8-12;4*1-2;;;;;;;;/h3-10H,1-2H3;2-10H,1H3;4*1-2H3;1H4;5*1H;;/q;;;;;;;;;;;;+2;+3/p-5. The van der Waals surface area contributed by atoms with E-state index in [1.807, 2.05) is 138 Å². The van der Waals surface area contributed by atoms with Crippen LogP contribution >= 0.6 is 99.9 Å². The third-order valence-electron chi connectivity index (χ3n) is 5.99. The molecule has 281 valence electrons. The van der Waals surface area contributed by atoms with Crippen molar-refractivity contribution >= 4 is 117 Å². The number of rotatable bonds is 3. The predicted molar refractivity (Wildman–Crippen MR) is 263 cm³/mol. The third-order valence-corrected chi connectivity index (χ3v) is 5.99. The molecule has 4 heterocycles. The van der Waals surface area contributed by atoms with E-state index in [2.05, 4.69) is 153 Å². The van der Waals surface area contributed by atoms with Crippen molar-refractivity contribution in [3.63, 3.8) is 0 Å². The molecule has 0 N–H and O–H groups in total. The van der Waals surface area contributed by atoms with Gasteiger partial charge in [-0.1, -0.05) is 136 Å². The van der Waals surface area contributed by atoms with Gasteiger partial charge in [0.05, 0.1) is 22.3 Å². The second-order valence-electron chi connectivity index (χ2n) is 8.77. The molecule has 0 bridgehead atoms. The second-order valence-corrected chi connectivity index (χ2v) is 55.9. The van der Waals surface area contributed by atoms with Crippen LogP contribution in [-0.4, -0.2) is 25.0 Å². The van der Waals surface area contributed by atoms with Crippen molar-refractivity contribution in [3.05, 3.63) is 120 Å². The van der Waals surface area contributed by atoms with E-state index >= 15 is 0 Å². The number of Topliss-reactive ketones (excluding diaryl/α,β-unsaturated/α-hetero) is 1. The van der Waals surface area contributed by atoms with Gasteiger partial charge in [0.25, 0.3) is 0 Å². The molecule has 0 aliphatic carbocycles. The molecular weight excluding hydrogens is 1280 g/mol. The number of pyridine rings is 2. The van der Waals surface area contributed by atoms with E-state index in [0.717, 1.165) is 44.9 Å². The number of carbonyl (C=O) groups excluding carboxylic acids is 1. The first-order valence-corrected chi connectivity index (χ1v) is 39.0. The van der Waals surface area contributed by atoms with E-state index in [1.165, 1.54) is 0 Å². The van der Waals surface area contributed by atoms with Crippen LogP contribution in [-0.2, 0) is 14.4 Å². The van der Waals surface area contributed by atoms with Gasteiger partial charge in [-0.15, -0.1) is 0 Å². The monoisotopic (exact) mass is 1330 g/mol. The first-order chi connectivity index (χ1) is 24.2. The van der Waals surface area contributed by atoms with Crippen molar-refractivity contribution in [3.8, 4) is 22.5 Å². The maximum absolute atomic E-state index is 12.0. The summed E-state index contributed by atoms with van der Waals surface area (Å²) in [6.45, 7) is 21.6. The number of hydrogen-bond acceptors (Lipinski definition) is 3. The molecule has 0 fully saturated rings. The third kappa shape index (κ3) is 20.2. The fourth-order valence-corrected chi connectivity index (χ4v) is 4.25. The minimum atomic E-state index is -0.278. The topological polar surface area (TPSA) is 51.7 Å². The summed E-state index contributed by atoms with van der Waals surface area (Å²) < 4.78 is 3.81. The summed E-state index contributed by atoms with van der Waals surface area (Å²) in [5, 5.41) is 9.20. The van der Waals surface area contributed by atoms with Crippen molar-refractivity contribution in [1.29, 1.82) is 0 Å². The zero-order chi connectivity index (χ0) is 38.6. The van der Waals surface area contributed by atoms with Crippen molar-refractivity contribution in [1.82, 2.24) is 19.2 Å². The van der Waals surface area contributed by atoms with Crippen LogP contribution in [0.4, 0.5) is 0 Å². The van der Waals surface area contributed by atoms with Crippen LogP contribution in [0.25, 0.3) is 33.5 Å². The first-order valence-electron chi connectivity index (χ1n) is 16.4. The summed E-state index contributed by atoms with van der Waals surface area (Å²) in [5.74, 6) is 0.0412. The molecule has 0 aliphatic heterocycles. The number of halogens is 5. The Balaban J connectivity index is -0.000000652. The predicted octanol–water partition coefficient (Wildman–Crippen LogP) is 16.0. The molecule has 0 saturated carbocycles. The normalized spacial score (nSPS) is 8.88. The van der Waals surface area contributed by atoms with Crippen LogP contribution < -0.4 is 0 Å². The van der Waals surface area contributed by atoms with E-state index in [4.69, 9.17) is 0 Å². The molecule has 6 aromatic rings. The van der Waals surface area contributed by atoms with Crippen LogP contribution in [0, 0.1) is 13.8 Å². The molecule has 6 rings (SSSR count). The fraction of sp³-hybridized carbons (Fsp3) is 0.308. The molecule has 0 atom stereocenters. The molecule has 4 aromatic heterocycles. The molecule has 0 saturated heterocycles. The summed E-state index contributed by atoms with van der Waals surface area (Å²) >= 11 is 12.1. The zero-order valence-corrected chi connectivity index (χ0v) is 44.4. The van der Waals surface area contributed by atoms with Crippen molar-refractivity contribution in [2.75, 3.05) is 0 Å². The van der Waals surface area contributed by atoms with Crippen LogP contribution in [0.1, 0.15) is 91.5 Å². The quantitative estimate of drug-likeness (QED) is 0.131. The van der Waals surface area contributed by atoms with Crippen LogP contribution in [0.3, 0.4) is 0 Å². The Kier molecular flexibility index (Phi) is 37.9. The van der Waals surface area contributed by atoms with Gasteiger partial charge in [0.2, 0.25) is 0 Å². The number of benzene rings is 2. The van der Waals surface area contributed by atoms with Gasteiger partial charge in [-0.05, 0) is 51.1 Å². The Morgan fingerprint density at radius 1 is 0.627 bits per heavy atom. The molecule has 0 radical (unpaired) electrons. The minimum absolute atomic E-state index is 0. The summed E-state index contributed by atoms with van der Waals surface area (Å²) in [6, 6.07) is 34.2. The number of ketones is 1. The average Bonchev–Trinajstić information content (AvgIpc) is 3.78. The number of nitrogens with zero attached hydrogens (tertiary/aromatic N) is 4. The van der Waals surface area contributed by atoms with E-state index in [9.17, 15) is 4.79 Å². The molecule has 0 aliphatic rings. The van der Waals surface area contributed by atoms with Crippen molar-refractivity contribution < 1.29 is 19.2 Å². The molecule has 12 heteroatoms. The summed E-state index contributed by atoms with van der Waals surface area (Å²) in [6.07, 6.45) is 0. The van der Waals surface area contributed by atoms with E-state index in [1.54, 1.807) is 6.92 Å². The summed E-state index contributed by atoms with van der Waals surface area (Å²) in [5.41, 5.74) is 8.76. The molecule has 2 aromatic carbocycles. The van der Waals surface area contributed by atoms with Gasteiger partial charge in [-0.2, -0.15) is 10.2 Å². The van der Waals surface area contributed by atoms with E-state index in [0.29, 0.717) is 15.0 Å². The van der Waals surface area contributed by atoms with Crippen LogP contribution in [0.15, 0.2) is 103 Å². The fourth-order valence-electron chi connectivity index (χ4n) is 4.25. The molecular formula is C39H54I5N4OV2. The van der Waals surface area contributed by atoms with Gasteiger partial charge in [0.1, 0.15) is 5.69 Å². The zero-order valence-electron chi connectivity index (χ0n) is 30.8. The molecule has 51 heavy (non-hydrogen) atoms. The second kappa shape index (κ2) is 34.8. The summed E-state index contributed by atoms with van der Waals surface area (Å²) in [4.78, 5) is 11.7. The van der Waals surface area contributed by atoms with Gasteiger partial charge in [-0.25, -0.2) is 9.03 Å².